The van der Waals surface area contributed by atoms with Gasteiger partial charge >= 0.3 is 39.5 Å². The molecule has 0 aromatic heterocycles. The van der Waals surface area contributed by atoms with Gasteiger partial charge in [-0.05, 0) is 49.4 Å². The fourth-order valence-electron chi connectivity index (χ4n) is 11.5. The van der Waals surface area contributed by atoms with Crippen molar-refractivity contribution in [1.82, 2.24) is 0 Å². The Morgan fingerprint density at radius 1 is 0.295 bits per heavy atom. The van der Waals surface area contributed by atoms with Crippen molar-refractivity contribution in [2.75, 3.05) is 39.6 Å². The third-order valence-corrected chi connectivity index (χ3v) is 19.8. The molecule has 0 bridgehead atoms. The van der Waals surface area contributed by atoms with E-state index in [1.54, 1.807) is 0 Å². The molecule has 0 saturated carbocycles. The zero-order valence-electron chi connectivity index (χ0n) is 62.3. The summed E-state index contributed by atoms with van der Waals surface area (Å²) in [6, 6.07) is 0. The van der Waals surface area contributed by atoms with E-state index in [1.807, 2.05) is 0 Å². The van der Waals surface area contributed by atoms with Gasteiger partial charge in [0.25, 0.3) is 0 Å². The molecule has 0 heterocycles. The van der Waals surface area contributed by atoms with Gasteiger partial charge < -0.3 is 33.8 Å². The highest BCUT2D eigenvalue weighted by atomic mass is 31.2. The molecule has 3 unspecified atom stereocenters. The maximum Gasteiger partial charge on any atom is 0.472 e. The first-order valence-electron chi connectivity index (χ1n) is 39.2. The highest BCUT2D eigenvalue weighted by Crippen LogP contribution is 2.45. The molecule has 0 radical (unpaired) electrons. The van der Waals surface area contributed by atoms with Crippen LogP contribution in [0.15, 0.2) is 0 Å². The van der Waals surface area contributed by atoms with E-state index in [0.717, 1.165) is 114 Å². The van der Waals surface area contributed by atoms with E-state index in [2.05, 4.69) is 55.4 Å². The molecule has 0 aliphatic heterocycles. The number of rotatable bonds is 73. The van der Waals surface area contributed by atoms with Crippen molar-refractivity contribution >= 4 is 39.5 Å². The third-order valence-electron chi connectivity index (χ3n) is 17.9. The molecule has 17 nitrogen and oxygen atoms in total. The lowest BCUT2D eigenvalue weighted by molar-refractivity contribution is -0.161. The van der Waals surface area contributed by atoms with Gasteiger partial charge in [-0.25, -0.2) is 9.13 Å². The molecule has 0 aliphatic rings. The van der Waals surface area contributed by atoms with Gasteiger partial charge in [0, 0.05) is 25.7 Å². The molecule has 0 aromatic carbocycles. The fraction of sp³-hybridized carbons (Fsp3) is 0.947. The standard InChI is InChI=1S/C76H148O17P2/c1-9-69(8)55-47-39-34-35-41-49-57-74(79)87-63-72(92-75(80)58-50-42-32-26-21-17-15-13-11-10-12-14-16-19-23-28-36-44-52-66(2)3)65-91-95(84,85)89-61-70(77)60-88-94(82,83)90-64-71(93-76(81)59-51-43-33-27-30-38-46-54-68(6)7)62-86-73(78)56-48-40-31-25-22-18-20-24-29-37-45-53-67(4)5/h66-72,77H,9-65H2,1-8H3,(H,82,83)(H,84,85)/t69?,70-,71-,72-/m1/s1. The Kier molecular flexibility index (Phi) is 64.0. The van der Waals surface area contributed by atoms with Crippen LogP contribution in [0.2, 0.25) is 0 Å². The number of aliphatic hydroxyl groups excluding tert-OH is 1. The van der Waals surface area contributed by atoms with Gasteiger partial charge in [-0.15, -0.1) is 0 Å². The van der Waals surface area contributed by atoms with Crippen molar-refractivity contribution in [3.05, 3.63) is 0 Å². The van der Waals surface area contributed by atoms with Crippen LogP contribution >= 0.6 is 15.6 Å². The zero-order chi connectivity index (χ0) is 70.3. The number of hydrogen-bond acceptors (Lipinski definition) is 15. The third kappa shape index (κ3) is 69.0. The van der Waals surface area contributed by atoms with E-state index in [1.165, 1.54) is 180 Å². The van der Waals surface area contributed by atoms with Gasteiger partial charge in [-0.3, -0.25) is 37.3 Å². The zero-order valence-corrected chi connectivity index (χ0v) is 64.1. The molecule has 95 heavy (non-hydrogen) atoms. The molecule has 0 amide bonds. The van der Waals surface area contributed by atoms with Crippen LogP contribution < -0.4 is 0 Å². The molecule has 19 heteroatoms. The number of esters is 4. The molecule has 0 rings (SSSR count). The fourth-order valence-corrected chi connectivity index (χ4v) is 13.1. The number of carbonyl (C=O) groups excluding carboxylic acids is 4. The quantitative estimate of drug-likeness (QED) is 0.0222. The van der Waals surface area contributed by atoms with Crippen molar-refractivity contribution < 1.29 is 80.2 Å². The van der Waals surface area contributed by atoms with Gasteiger partial charge in [0.15, 0.2) is 12.2 Å². The number of ether oxygens (including phenoxy) is 4. The Morgan fingerprint density at radius 3 is 0.747 bits per heavy atom. The van der Waals surface area contributed by atoms with E-state index in [-0.39, 0.29) is 25.7 Å². The van der Waals surface area contributed by atoms with Gasteiger partial charge in [-0.2, -0.15) is 0 Å². The van der Waals surface area contributed by atoms with Gasteiger partial charge in [-0.1, -0.05) is 331 Å². The van der Waals surface area contributed by atoms with E-state index < -0.39 is 97.5 Å². The minimum atomic E-state index is -4.96. The lowest BCUT2D eigenvalue weighted by Gasteiger charge is -2.21. The number of phosphoric ester groups is 2. The second kappa shape index (κ2) is 65.4. The molecular weight excluding hydrogens is 1250 g/mol. The topological polar surface area (TPSA) is 237 Å². The second-order valence-corrected chi connectivity index (χ2v) is 32.0. The number of hydrogen-bond donors (Lipinski definition) is 3. The summed E-state index contributed by atoms with van der Waals surface area (Å²) >= 11 is 0. The Hall–Kier alpha value is -1.94. The van der Waals surface area contributed by atoms with Crippen molar-refractivity contribution in [2.24, 2.45) is 23.7 Å². The molecule has 564 valence electrons. The first-order valence-corrected chi connectivity index (χ1v) is 42.2. The average molecular weight is 1400 g/mol. The van der Waals surface area contributed by atoms with E-state index >= 15 is 0 Å². The SMILES string of the molecule is CCC(C)CCCCCCCCC(=O)OC[C@H](COP(=O)(O)OC[C@H](O)COP(=O)(O)OC[C@@H](COC(=O)CCCCCCCCCCCCCC(C)C)OC(=O)CCCCCCCCCC(C)C)OC(=O)CCCCCCCCCCCCCCCCCCCCC(C)C. The predicted molar refractivity (Wildman–Crippen MR) is 386 cm³/mol. The number of phosphoric acid groups is 2. The van der Waals surface area contributed by atoms with E-state index in [4.69, 9.17) is 37.0 Å². The summed E-state index contributed by atoms with van der Waals surface area (Å²) in [4.78, 5) is 72.7. The second-order valence-electron chi connectivity index (χ2n) is 29.1. The number of unbranched alkanes of at least 4 members (excludes halogenated alkanes) is 38. The average Bonchev–Trinajstić information content (AvgIpc) is 1.48. The van der Waals surface area contributed by atoms with Gasteiger partial charge in [0.05, 0.1) is 26.4 Å². The lowest BCUT2D eigenvalue weighted by Crippen LogP contribution is -2.30. The van der Waals surface area contributed by atoms with Crippen molar-refractivity contribution in [3.63, 3.8) is 0 Å². The van der Waals surface area contributed by atoms with Crippen molar-refractivity contribution in [2.45, 2.75) is 401 Å². The Morgan fingerprint density at radius 2 is 0.505 bits per heavy atom. The molecule has 6 atom stereocenters. The maximum absolute atomic E-state index is 13.1. The Balaban J connectivity index is 5.17. The smallest absolute Gasteiger partial charge is 0.462 e. The molecular formula is C76H148O17P2. The molecule has 0 spiro atoms. The van der Waals surface area contributed by atoms with Crippen molar-refractivity contribution in [3.8, 4) is 0 Å². The normalized spacial score (nSPS) is 14.4. The number of carbonyl (C=O) groups is 4. The Bertz CT molecular complexity index is 1870. The van der Waals surface area contributed by atoms with E-state index in [0.29, 0.717) is 31.6 Å². The highest BCUT2D eigenvalue weighted by molar-refractivity contribution is 7.47. The van der Waals surface area contributed by atoms with E-state index in [9.17, 15) is 43.2 Å². The lowest BCUT2D eigenvalue weighted by atomic mass is 10.00. The minimum absolute atomic E-state index is 0.103. The van der Waals surface area contributed by atoms with Gasteiger partial charge in [0.1, 0.15) is 19.3 Å². The minimum Gasteiger partial charge on any atom is -0.462 e. The first-order chi connectivity index (χ1) is 45.6. The summed E-state index contributed by atoms with van der Waals surface area (Å²) in [7, 11) is -9.91. The van der Waals surface area contributed by atoms with Crippen LogP contribution in [-0.4, -0.2) is 96.7 Å². The molecule has 0 fully saturated rings. The van der Waals surface area contributed by atoms with Crippen LogP contribution in [0, 0.1) is 23.7 Å². The summed E-state index contributed by atoms with van der Waals surface area (Å²) in [5.74, 6) is 0.893. The summed E-state index contributed by atoms with van der Waals surface area (Å²) in [6.45, 7) is 14.1. The monoisotopic (exact) mass is 1400 g/mol. The largest absolute Gasteiger partial charge is 0.472 e. The van der Waals surface area contributed by atoms with Crippen LogP contribution in [0.3, 0.4) is 0 Å². The molecule has 0 aliphatic carbocycles. The summed E-state index contributed by atoms with van der Waals surface area (Å²) in [5, 5.41) is 10.6. The maximum atomic E-state index is 13.1. The molecule has 0 saturated heterocycles. The number of aliphatic hydroxyl groups is 1. The van der Waals surface area contributed by atoms with Crippen LogP contribution in [0.4, 0.5) is 0 Å². The summed E-state index contributed by atoms with van der Waals surface area (Å²) < 4.78 is 68.4. The van der Waals surface area contributed by atoms with Crippen LogP contribution in [0.5, 0.6) is 0 Å². The van der Waals surface area contributed by atoms with Crippen LogP contribution in [0.1, 0.15) is 383 Å². The predicted octanol–water partition coefficient (Wildman–Crippen LogP) is 22.0. The first kappa shape index (κ1) is 93.1. The van der Waals surface area contributed by atoms with Crippen molar-refractivity contribution in [1.29, 1.82) is 0 Å². The summed E-state index contributed by atoms with van der Waals surface area (Å²) in [5.41, 5.74) is 0. The Labute approximate surface area is 581 Å². The molecule has 0 aromatic rings. The molecule has 3 N–H and O–H groups in total. The summed E-state index contributed by atoms with van der Waals surface area (Å²) in [6.07, 6.45) is 50.2. The van der Waals surface area contributed by atoms with Crippen LogP contribution in [0.25, 0.3) is 0 Å². The van der Waals surface area contributed by atoms with Crippen LogP contribution in [-0.2, 0) is 65.4 Å². The van der Waals surface area contributed by atoms with Gasteiger partial charge in [0.2, 0.25) is 0 Å². The highest BCUT2D eigenvalue weighted by Gasteiger charge is 2.30.